The van der Waals surface area contributed by atoms with Crippen LogP contribution in [0.25, 0.3) is 0 Å². The first kappa shape index (κ1) is 14.3. The Bertz CT molecular complexity index is 642. The van der Waals surface area contributed by atoms with Crippen molar-refractivity contribution < 1.29 is 27.5 Å². The zero-order chi connectivity index (χ0) is 14.8. The molecule has 0 aliphatic carbocycles. The number of ether oxygens (including phenoxy) is 2. The highest BCUT2D eigenvalue weighted by molar-refractivity contribution is 8.05. The van der Waals surface area contributed by atoms with Gasteiger partial charge in [0.1, 0.15) is 12.7 Å². The quantitative estimate of drug-likeness (QED) is 0.797. The van der Waals surface area contributed by atoms with Crippen LogP contribution in [0, 0.1) is 0 Å². The zero-order valence-electron chi connectivity index (χ0n) is 10.3. The maximum atomic E-state index is 11.6. The van der Waals surface area contributed by atoms with E-state index in [1.165, 1.54) is 12.3 Å². The molecule has 0 unspecified atom stereocenters. The predicted octanol–water partition coefficient (Wildman–Crippen LogP) is 0.402. The summed E-state index contributed by atoms with van der Waals surface area (Å²) in [5.41, 5.74) is 5.44. The Kier molecular flexibility index (Phi) is 3.89. The molecule has 108 valence electrons. The van der Waals surface area contributed by atoms with Gasteiger partial charge in [-0.15, -0.1) is 0 Å². The minimum Gasteiger partial charge on any atom is -0.430 e. The highest BCUT2D eigenvalue weighted by Gasteiger charge is 2.26. The summed E-state index contributed by atoms with van der Waals surface area (Å²) >= 11 is 0. The smallest absolute Gasteiger partial charge is 0.430 e. The standard InChI is InChI=1S/C11H12N2O6S/c12-10(14)20(16,17)9-5-7(3-4-13-9)1-2-8-6-18-11(15)19-8/h3-5,8H,1-2,6H2,(H2,12,14)/t8-/m0/s1. The van der Waals surface area contributed by atoms with Crippen LogP contribution in [0.3, 0.4) is 0 Å². The second-order valence-electron chi connectivity index (χ2n) is 4.16. The van der Waals surface area contributed by atoms with E-state index in [-0.39, 0.29) is 17.7 Å². The first-order valence-corrected chi connectivity index (χ1v) is 7.21. The molecular formula is C11H12N2O6S. The largest absolute Gasteiger partial charge is 0.508 e. The molecule has 0 spiro atoms. The molecule has 1 aromatic rings. The van der Waals surface area contributed by atoms with Crippen LogP contribution in [0.5, 0.6) is 0 Å². The second-order valence-corrected chi connectivity index (χ2v) is 5.99. The van der Waals surface area contributed by atoms with E-state index < -0.39 is 21.2 Å². The Labute approximate surface area is 114 Å². The van der Waals surface area contributed by atoms with E-state index in [0.29, 0.717) is 18.4 Å². The Balaban J connectivity index is 2.07. The SMILES string of the molecule is NC(=O)S(=O)(=O)c1cc(CC[C@H]2COC(=O)O2)ccn1. The molecule has 0 radical (unpaired) electrons. The van der Waals surface area contributed by atoms with Crippen molar-refractivity contribution >= 4 is 21.2 Å². The molecule has 9 heteroatoms. The Hall–Kier alpha value is -2.16. The molecule has 8 nitrogen and oxygen atoms in total. The van der Waals surface area contributed by atoms with Crippen LogP contribution in [0.4, 0.5) is 9.59 Å². The molecule has 1 amide bonds. The van der Waals surface area contributed by atoms with Crippen molar-refractivity contribution in [2.24, 2.45) is 5.73 Å². The maximum Gasteiger partial charge on any atom is 0.508 e. The fourth-order valence-electron chi connectivity index (χ4n) is 1.69. The summed E-state index contributed by atoms with van der Waals surface area (Å²) in [6.07, 6.45) is 1.15. The summed E-state index contributed by atoms with van der Waals surface area (Å²) in [5, 5.41) is -1.83. The molecule has 1 atom stereocenters. The Morgan fingerprint density at radius 2 is 2.25 bits per heavy atom. The lowest BCUT2D eigenvalue weighted by Gasteiger charge is -2.07. The van der Waals surface area contributed by atoms with Crippen molar-refractivity contribution in [2.45, 2.75) is 24.0 Å². The lowest BCUT2D eigenvalue weighted by atomic mass is 10.1. The van der Waals surface area contributed by atoms with Crippen LogP contribution in [0.2, 0.25) is 0 Å². The van der Waals surface area contributed by atoms with E-state index in [9.17, 15) is 18.0 Å². The second kappa shape index (κ2) is 5.45. The van der Waals surface area contributed by atoms with Crippen molar-refractivity contribution in [2.75, 3.05) is 6.61 Å². The molecule has 2 rings (SSSR count). The number of cyclic esters (lactones) is 2. The molecule has 1 aromatic heterocycles. The van der Waals surface area contributed by atoms with Crippen molar-refractivity contribution in [3.63, 3.8) is 0 Å². The fourth-order valence-corrected chi connectivity index (χ4v) is 2.40. The van der Waals surface area contributed by atoms with Gasteiger partial charge in [-0.05, 0) is 30.5 Å². The Morgan fingerprint density at radius 3 is 2.85 bits per heavy atom. The van der Waals surface area contributed by atoms with E-state index in [1.807, 2.05) is 0 Å². The summed E-state index contributed by atoms with van der Waals surface area (Å²) in [5.74, 6) is 0. The first-order valence-electron chi connectivity index (χ1n) is 5.72. The summed E-state index contributed by atoms with van der Waals surface area (Å²) < 4.78 is 32.6. The number of primary amides is 1. The van der Waals surface area contributed by atoms with E-state index in [2.05, 4.69) is 9.72 Å². The van der Waals surface area contributed by atoms with Crippen molar-refractivity contribution in [1.82, 2.24) is 4.98 Å². The topological polar surface area (TPSA) is 126 Å². The number of pyridine rings is 1. The van der Waals surface area contributed by atoms with Crippen LogP contribution < -0.4 is 5.73 Å². The number of carbonyl (C=O) groups is 2. The third-order valence-electron chi connectivity index (χ3n) is 2.74. The normalized spacial score (nSPS) is 18.4. The molecular weight excluding hydrogens is 288 g/mol. The number of nitrogens with zero attached hydrogens (tertiary/aromatic N) is 1. The van der Waals surface area contributed by atoms with E-state index in [0.717, 1.165) is 0 Å². The summed E-state index contributed by atoms with van der Waals surface area (Å²) in [6.45, 7) is 0.177. The molecule has 2 heterocycles. The lowest BCUT2D eigenvalue weighted by Crippen LogP contribution is -2.22. The molecule has 1 saturated heterocycles. The highest BCUT2D eigenvalue weighted by atomic mass is 32.2. The maximum absolute atomic E-state index is 11.6. The van der Waals surface area contributed by atoms with Gasteiger partial charge in [-0.25, -0.2) is 18.2 Å². The average molecular weight is 300 g/mol. The third kappa shape index (κ3) is 3.05. The van der Waals surface area contributed by atoms with Gasteiger partial charge in [0.25, 0.3) is 9.84 Å². The van der Waals surface area contributed by atoms with Crippen LogP contribution >= 0.6 is 0 Å². The van der Waals surface area contributed by atoms with Gasteiger partial charge in [-0.1, -0.05) is 0 Å². The molecule has 0 bridgehead atoms. The first-order chi connectivity index (χ1) is 9.39. The van der Waals surface area contributed by atoms with Gasteiger partial charge in [-0.2, -0.15) is 0 Å². The Morgan fingerprint density at radius 1 is 1.50 bits per heavy atom. The molecule has 0 aromatic carbocycles. The minimum absolute atomic E-state index is 0.177. The number of nitrogens with two attached hydrogens (primary N) is 1. The predicted molar refractivity (Wildman–Crippen MR) is 65.5 cm³/mol. The highest BCUT2D eigenvalue weighted by Crippen LogP contribution is 2.16. The number of aryl methyl sites for hydroxylation is 1. The monoisotopic (exact) mass is 300 g/mol. The van der Waals surface area contributed by atoms with E-state index in [4.69, 9.17) is 10.5 Å². The van der Waals surface area contributed by atoms with Gasteiger partial charge in [0, 0.05) is 6.20 Å². The molecule has 1 aliphatic heterocycles. The minimum atomic E-state index is -4.23. The van der Waals surface area contributed by atoms with Crippen LogP contribution in [-0.2, 0) is 25.7 Å². The van der Waals surface area contributed by atoms with Gasteiger partial charge in [0.2, 0.25) is 0 Å². The van der Waals surface area contributed by atoms with Gasteiger partial charge in [-0.3, -0.25) is 4.79 Å². The molecule has 20 heavy (non-hydrogen) atoms. The summed E-state index contributed by atoms with van der Waals surface area (Å²) in [7, 11) is -4.23. The molecule has 2 N–H and O–H groups in total. The van der Waals surface area contributed by atoms with Crippen molar-refractivity contribution in [3.8, 4) is 0 Å². The van der Waals surface area contributed by atoms with E-state index in [1.54, 1.807) is 6.07 Å². The average Bonchev–Trinajstić information content (AvgIpc) is 2.82. The third-order valence-corrected chi connectivity index (χ3v) is 4.05. The van der Waals surface area contributed by atoms with Crippen LogP contribution in [0.1, 0.15) is 12.0 Å². The van der Waals surface area contributed by atoms with Crippen LogP contribution in [-0.4, -0.2) is 37.5 Å². The number of sulfone groups is 1. The molecule has 1 fully saturated rings. The van der Waals surface area contributed by atoms with Gasteiger partial charge in [0.05, 0.1) is 0 Å². The van der Waals surface area contributed by atoms with Crippen molar-refractivity contribution in [1.29, 1.82) is 0 Å². The number of carbonyl (C=O) groups excluding carboxylic acids is 2. The van der Waals surface area contributed by atoms with Crippen LogP contribution in [0.15, 0.2) is 23.4 Å². The van der Waals surface area contributed by atoms with E-state index >= 15 is 0 Å². The number of amides is 1. The van der Waals surface area contributed by atoms with Gasteiger partial charge < -0.3 is 15.2 Å². The summed E-state index contributed by atoms with van der Waals surface area (Å²) in [4.78, 5) is 25.2. The van der Waals surface area contributed by atoms with Crippen molar-refractivity contribution in [3.05, 3.63) is 23.9 Å². The molecule has 1 aliphatic rings. The van der Waals surface area contributed by atoms with Gasteiger partial charge in [0.15, 0.2) is 5.03 Å². The number of aromatic nitrogens is 1. The number of hydrogen-bond acceptors (Lipinski definition) is 7. The fraction of sp³-hybridized carbons (Fsp3) is 0.364. The molecule has 0 saturated carbocycles. The number of hydrogen-bond donors (Lipinski definition) is 1. The summed E-state index contributed by atoms with van der Waals surface area (Å²) in [6, 6.07) is 2.88. The zero-order valence-corrected chi connectivity index (χ0v) is 11.1. The lowest BCUT2D eigenvalue weighted by molar-refractivity contribution is 0.116. The number of rotatable bonds is 4. The van der Waals surface area contributed by atoms with Gasteiger partial charge >= 0.3 is 11.4 Å².